The number of aromatic nitrogens is 3. The summed E-state index contributed by atoms with van der Waals surface area (Å²) in [5, 5.41) is 10.7. The number of ether oxygens (including phenoxy) is 2. The minimum atomic E-state index is -0.691. The van der Waals surface area contributed by atoms with Crippen LogP contribution in [0.25, 0.3) is 11.2 Å². The van der Waals surface area contributed by atoms with Gasteiger partial charge in [-0.05, 0) is 26.3 Å². The lowest BCUT2D eigenvalue weighted by atomic mass is 9.87. The van der Waals surface area contributed by atoms with E-state index in [4.69, 9.17) is 32.7 Å². The second-order valence-corrected chi connectivity index (χ2v) is 8.15. The first-order chi connectivity index (χ1) is 11.2. The normalized spacial score (nSPS) is 34.8. The van der Waals surface area contributed by atoms with Crippen molar-refractivity contribution in [3.05, 3.63) is 22.6 Å². The number of hydrogen-bond acceptors (Lipinski definition) is 5. The molecule has 6 nitrogen and oxygen atoms in total. The zero-order chi connectivity index (χ0) is 17.3. The van der Waals surface area contributed by atoms with E-state index in [9.17, 15) is 5.11 Å². The van der Waals surface area contributed by atoms with Crippen LogP contribution in [0.1, 0.15) is 33.2 Å². The summed E-state index contributed by atoms with van der Waals surface area (Å²) in [6.45, 7) is 5.81. The molecule has 1 aliphatic carbocycles. The lowest BCUT2D eigenvalue weighted by Crippen LogP contribution is -2.36. The molecule has 1 aliphatic heterocycles. The van der Waals surface area contributed by atoms with Gasteiger partial charge in [-0.25, -0.2) is 9.97 Å². The van der Waals surface area contributed by atoms with Crippen LogP contribution in [0.4, 0.5) is 0 Å². The van der Waals surface area contributed by atoms with Crippen LogP contribution in [0.15, 0.2) is 12.4 Å². The van der Waals surface area contributed by atoms with Crippen molar-refractivity contribution in [1.82, 2.24) is 14.5 Å². The van der Waals surface area contributed by atoms with E-state index in [2.05, 4.69) is 9.97 Å². The summed E-state index contributed by atoms with van der Waals surface area (Å²) in [4.78, 5) is 8.77. The first kappa shape index (κ1) is 16.5. The van der Waals surface area contributed by atoms with E-state index in [1.165, 1.54) is 0 Å². The van der Waals surface area contributed by atoms with Crippen LogP contribution >= 0.6 is 23.2 Å². The number of imidazole rings is 1. The molecule has 1 N–H and O–H groups in total. The van der Waals surface area contributed by atoms with E-state index < -0.39 is 11.2 Å². The van der Waals surface area contributed by atoms with Crippen molar-refractivity contribution >= 4 is 34.4 Å². The van der Waals surface area contributed by atoms with E-state index in [1.54, 1.807) is 12.4 Å². The Morgan fingerprint density at radius 1 is 1.33 bits per heavy atom. The molecule has 8 heteroatoms. The molecule has 2 aliphatic rings. The molecule has 2 aromatic rings. The summed E-state index contributed by atoms with van der Waals surface area (Å²) in [6, 6.07) is 1.51. The number of fused-ring (bicyclic) bond motifs is 2. The molecule has 0 bridgehead atoms. The van der Waals surface area contributed by atoms with Gasteiger partial charge in [-0.1, -0.05) is 30.1 Å². The molecule has 1 saturated heterocycles. The van der Waals surface area contributed by atoms with Crippen molar-refractivity contribution in [2.45, 2.75) is 51.2 Å². The molecule has 2 aromatic heterocycles. The van der Waals surface area contributed by atoms with Gasteiger partial charge in [0.05, 0.1) is 30.1 Å². The maximum absolute atomic E-state index is 9.94. The van der Waals surface area contributed by atoms with Crippen molar-refractivity contribution < 1.29 is 14.6 Å². The van der Waals surface area contributed by atoms with Gasteiger partial charge in [0.1, 0.15) is 16.8 Å². The van der Waals surface area contributed by atoms with Gasteiger partial charge in [-0.2, -0.15) is 0 Å². The molecule has 24 heavy (non-hydrogen) atoms. The van der Waals surface area contributed by atoms with Crippen LogP contribution in [-0.4, -0.2) is 44.2 Å². The summed E-state index contributed by atoms with van der Waals surface area (Å²) in [5.74, 6) is -0.691. The molecule has 0 spiro atoms. The standard InChI is InChI=1S/C16H19Cl2N3O3/c1-15(2)23-12-9(5-16(3,6-22)13(12)24-15)21-7-19-11-8(17)4-10(18)20-14(11)21/h4,7,9,12-13,22H,5-6H2,1-3H3/t9-,12+,13+,16-/m1/s1. The minimum Gasteiger partial charge on any atom is -0.396 e. The highest BCUT2D eigenvalue weighted by Crippen LogP contribution is 2.53. The lowest BCUT2D eigenvalue weighted by Gasteiger charge is -2.29. The lowest BCUT2D eigenvalue weighted by molar-refractivity contribution is -0.170. The van der Waals surface area contributed by atoms with Crippen LogP contribution in [0.3, 0.4) is 0 Å². The Labute approximate surface area is 149 Å². The molecule has 130 valence electrons. The zero-order valence-electron chi connectivity index (χ0n) is 13.7. The first-order valence-corrected chi connectivity index (χ1v) is 8.65. The van der Waals surface area contributed by atoms with Crippen molar-refractivity contribution in [3.8, 4) is 0 Å². The van der Waals surface area contributed by atoms with Gasteiger partial charge in [0.2, 0.25) is 0 Å². The molecule has 4 atom stereocenters. The molecule has 1 saturated carbocycles. The van der Waals surface area contributed by atoms with Crippen LogP contribution in [0.2, 0.25) is 10.2 Å². The molecule has 4 rings (SSSR count). The van der Waals surface area contributed by atoms with Gasteiger partial charge in [-0.15, -0.1) is 0 Å². The molecule has 0 amide bonds. The molecular formula is C16H19Cl2N3O3. The second-order valence-electron chi connectivity index (χ2n) is 7.36. The Morgan fingerprint density at radius 2 is 2.08 bits per heavy atom. The van der Waals surface area contributed by atoms with Crippen molar-refractivity contribution in [3.63, 3.8) is 0 Å². The molecule has 0 radical (unpaired) electrons. The monoisotopic (exact) mass is 371 g/mol. The average molecular weight is 372 g/mol. The summed E-state index contributed by atoms with van der Waals surface area (Å²) < 4.78 is 14.2. The maximum Gasteiger partial charge on any atom is 0.163 e. The molecule has 2 fully saturated rings. The van der Waals surface area contributed by atoms with Crippen molar-refractivity contribution in [2.24, 2.45) is 5.41 Å². The van der Waals surface area contributed by atoms with E-state index >= 15 is 0 Å². The fourth-order valence-corrected chi connectivity index (χ4v) is 4.40. The summed E-state index contributed by atoms with van der Waals surface area (Å²) >= 11 is 12.3. The Morgan fingerprint density at radius 3 is 2.79 bits per heavy atom. The number of aliphatic hydroxyl groups excluding tert-OH is 1. The molecular weight excluding hydrogens is 353 g/mol. The van der Waals surface area contributed by atoms with Crippen LogP contribution in [0.5, 0.6) is 0 Å². The molecule has 3 heterocycles. The van der Waals surface area contributed by atoms with E-state index in [1.807, 2.05) is 25.3 Å². The van der Waals surface area contributed by atoms with Crippen molar-refractivity contribution in [1.29, 1.82) is 0 Å². The van der Waals surface area contributed by atoms with Crippen LogP contribution < -0.4 is 0 Å². The van der Waals surface area contributed by atoms with Crippen LogP contribution in [0, 0.1) is 5.41 Å². The Balaban J connectivity index is 1.82. The van der Waals surface area contributed by atoms with E-state index in [0.717, 1.165) is 0 Å². The summed E-state index contributed by atoms with van der Waals surface area (Å²) in [7, 11) is 0. The fourth-order valence-electron chi connectivity index (χ4n) is 3.91. The number of halogens is 2. The highest BCUT2D eigenvalue weighted by atomic mass is 35.5. The summed E-state index contributed by atoms with van der Waals surface area (Å²) in [5.41, 5.74) is 0.822. The number of hydrogen-bond donors (Lipinski definition) is 1. The van der Waals surface area contributed by atoms with Gasteiger partial charge < -0.3 is 19.1 Å². The first-order valence-electron chi connectivity index (χ1n) is 7.89. The SMILES string of the molecule is CC1(C)O[C@H]2[C@H](n3cnc4c(Cl)cc(Cl)nc43)C[C@](C)(CO)[C@H]2O1. The number of aliphatic hydroxyl groups is 1. The number of pyridine rings is 1. The topological polar surface area (TPSA) is 69.4 Å². The van der Waals surface area contributed by atoms with E-state index in [-0.39, 0.29) is 24.9 Å². The Hall–Kier alpha value is -0.920. The van der Waals surface area contributed by atoms with Crippen molar-refractivity contribution in [2.75, 3.05) is 6.61 Å². The summed E-state index contributed by atoms with van der Waals surface area (Å²) in [6.07, 6.45) is 2.00. The minimum absolute atomic E-state index is 0.0195. The van der Waals surface area contributed by atoms with Gasteiger partial charge in [-0.3, -0.25) is 0 Å². The fraction of sp³-hybridized carbons (Fsp3) is 0.625. The Kier molecular flexibility index (Phi) is 3.64. The van der Waals surface area contributed by atoms with Gasteiger partial charge in [0.15, 0.2) is 11.4 Å². The highest BCUT2D eigenvalue weighted by molar-refractivity contribution is 6.37. The smallest absolute Gasteiger partial charge is 0.163 e. The number of rotatable bonds is 2. The predicted molar refractivity (Wildman–Crippen MR) is 90.2 cm³/mol. The molecule has 0 aromatic carbocycles. The molecule has 0 unspecified atom stereocenters. The maximum atomic E-state index is 9.94. The third kappa shape index (κ3) is 2.35. The number of nitrogens with zero attached hydrogens (tertiary/aromatic N) is 3. The zero-order valence-corrected chi connectivity index (χ0v) is 15.2. The van der Waals surface area contributed by atoms with E-state index in [0.29, 0.717) is 27.8 Å². The quantitative estimate of drug-likeness (QED) is 0.820. The second kappa shape index (κ2) is 5.29. The predicted octanol–water partition coefficient (Wildman–Crippen LogP) is 3.20. The largest absolute Gasteiger partial charge is 0.396 e. The van der Waals surface area contributed by atoms with Crippen LogP contribution in [-0.2, 0) is 9.47 Å². The third-order valence-corrected chi connectivity index (χ3v) is 5.52. The van der Waals surface area contributed by atoms with Gasteiger partial charge in [0.25, 0.3) is 0 Å². The third-order valence-electron chi connectivity index (χ3n) is 5.04. The van der Waals surface area contributed by atoms with Gasteiger partial charge >= 0.3 is 0 Å². The Bertz CT molecular complexity index is 809. The average Bonchev–Trinajstić information content (AvgIpc) is 3.11. The highest BCUT2D eigenvalue weighted by Gasteiger charge is 2.60. The van der Waals surface area contributed by atoms with Gasteiger partial charge in [0, 0.05) is 5.41 Å².